The first kappa shape index (κ1) is 10.6. The lowest BCUT2D eigenvalue weighted by molar-refractivity contribution is 0.231. The monoisotopic (exact) mass is 227 g/mol. The van der Waals surface area contributed by atoms with Gasteiger partial charge in [-0.3, -0.25) is 4.90 Å². The fourth-order valence-corrected chi connectivity index (χ4v) is 1.83. The second-order valence-corrected chi connectivity index (χ2v) is 3.90. The highest BCUT2D eigenvalue weighted by molar-refractivity contribution is 6.28. The summed E-state index contributed by atoms with van der Waals surface area (Å²) in [6, 6.07) is 1.72. The summed E-state index contributed by atoms with van der Waals surface area (Å²) in [6.45, 7) is 4.00. The molecular weight excluding hydrogens is 214 g/mol. The summed E-state index contributed by atoms with van der Waals surface area (Å²) < 4.78 is 5.47. The molecule has 0 aromatic carbocycles. The van der Waals surface area contributed by atoms with Crippen molar-refractivity contribution in [3.63, 3.8) is 0 Å². The van der Waals surface area contributed by atoms with Crippen LogP contribution in [0.4, 0.5) is 0 Å². The van der Waals surface area contributed by atoms with Gasteiger partial charge in [-0.1, -0.05) is 0 Å². The number of ether oxygens (including phenoxy) is 1. The number of halogens is 1. The third-order valence-corrected chi connectivity index (χ3v) is 2.64. The molecule has 1 aromatic heterocycles. The third-order valence-electron chi connectivity index (χ3n) is 2.46. The zero-order valence-corrected chi connectivity index (χ0v) is 9.28. The summed E-state index contributed by atoms with van der Waals surface area (Å²) in [7, 11) is 0. The highest BCUT2D eigenvalue weighted by Crippen LogP contribution is 2.09. The van der Waals surface area contributed by atoms with Crippen LogP contribution < -0.4 is 4.74 Å². The van der Waals surface area contributed by atoms with Crippen molar-refractivity contribution in [2.24, 2.45) is 0 Å². The van der Waals surface area contributed by atoms with Crippen LogP contribution in [0.5, 0.6) is 5.88 Å². The molecule has 1 saturated heterocycles. The van der Waals surface area contributed by atoms with E-state index in [-0.39, 0.29) is 5.28 Å². The average molecular weight is 228 g/mol. The van der Waals surface area contributed by atoms with Gasteiger partial charge in [-0.05, 0) is 37.5 Å². The van der Waals surface area contributed by atoms with E-state index in [0.717, 1.165) is 6.54 Å². The highest BCUT2D eigenvalue weighted by Gasteiger charge is 2.10. The van der Waals surface area contributed by atoms with Gasteiger partial charge < -0.3 is 4.74 Å². The van der Waals surface area contributed by atoms with Crippen LogP contribution in [0, 0.1) is 0 Å². The van der Waals surface area contributed by atoms with E-state index < -0.39 is 0 Å². The van der Waals surface area contributed by atoms with Gasteiger partial charge in [-0.15, -0.1) is 0 Å². The minimum absolute atomic E-state index is 0.230. The van der Waals surface area contributed by atoms with Gasteiger partial charge >= 0.3 is 0 Å². The molecule has 1 fully saturated rings. The molecule has 0 spiro atoms. The molecule has 5 heteroatoms. The Morgan fingerprint density at radius 2 is 2.20 bits per heavy atom. The molecule has 0 amide bonds. The largest absolute Gasteiger partial charge is 0.476 e. The topological polar surface area (TPSA) is 38.2 Å². The van der Waals surface area contributed by atoms with Gasteiger partial charge in [0.05, 0.1) is 0 Å². The predicted molar refractivity (Wildman–Crippen MR) is 58.2 cm³/mol. The molecule has 0 radical (unpaired) electrons. The molecular formula is C10H14ClN3O. The summed E-state index contributed by atoms with van der Waals surface area (Å²) >= 11 is 5.64. The molecule has 0 unspecified atom stereocenters. The van der Waals surface area contributed by atoms with E-state index in [1.807, 2.05) is 0 Å². The van der Waals surface area contributed by atoms with Crippen LogP contribution in [-0.4, -0.2) is 41.1 Å². The first-order chi connectivity index (χ1) is 7.34. The van der Waals surface area contributed by atoms with Crippen LogP contribution in [0.2, 0.25) is 5.28 Å². The minimum Gasteiger partial charge on any atom is -0.476 e. The lowest BCUT2D eigenvalue weighted by Crippen LogP contribution is -2.25. The van der Waals surface area contributed by atoms with Gasteiger partial charge in [0.2, 0.25) is 11.2 Å². The number of rotatable bonds is 4. The zero-order chi connectivity index (χ0) is 10.5. The molecule has 82 valence electrons. The van der Waals surface area contributed by atoms with E-state index >= 15 is 0 Å². The number of likely N-dealkylation sites (tertiary alicyclic amines) is 1. The molecule has 0 aliphatic carbocycles. The Kier molecular flexibility index (Phi) is 3.75. The number of aromatic nitrogens is 2. The number of hydrogen-bond donors (Lipinski definition) is 0. The van der Waals surface area contributed by atoms with Crippen LogP contribution in [0.15, 0.2) is 12.3 Å². The number of nitrogens with zero attached hydrogens (tertiary/aromatic N) is 3. The van der Waals surface area contributed by atoms with Gasteiger partial charge in [-0.25, -0.2) is 4.98 Å². The molecule has 2 heterocycles. The van der Waals surface area contributed by atoms with Gasteiger partial charge in [-0.2, -0.15) is 4.98 Å². The summed E-state index contributed by atoms with van der Waals surface area (Å²) in [5.74, 6) is 0.550. The summed E-state index contributed by atoms with van der Waals surface area (Å²) in [4.78, 5) is 10.1. The highest BCUT2D eigenvalue weighted by atomic mass is 35.5. The number of hydrogen-bond acceptors (Lipinski definition) is 4. The Bertz CT molecular complexity index is 315. The van der Waals surface area contributed by atoms with Crippen LogP contribution in [0.25, 0.3) is 0 Å². The van der Waals surface area contributed by atoms with Crippen LogP contribution in [0.1, 0.15) is 12.8 Å². The molecule has 0 saturated carbocycles. The lowest BCUT2D eigenvalue weighted by Gasteiger charge is -2.14. The molecule has 1 aliphatic rings. The van der Waals surface area contributed by atoms with Crippen molar-refractivity contribution in [3.05, 3.63) is 17.5 Å². The first-order valence-electron chi connectivity index (χ1n) is 5.18. The fourth-order valence-electron chi connectivity index (χ4n) is 1.69. The summed E-state index contributed by atoms with van der Waals surface area (Å²) in [6.07, 6.45) is 4.21. The Labute approximate surface area is 94.2 Å². The molecule has 4 nitrogen and oxygen atoms in total. The van der Waals surface area contributed by atoms with Crippen molar-refractivity contribution in [3.8, 4) is 5.88 Å². The second kappa shape index (κ2) is 5.28. The standard InChI is InChI=1S/C10H14ClN3O/c11-10-12-4-3-9(13-10)15-8-7-14-5-1-2-6-14/h3-4H,1-2,5-8H2. The van der Waals surface area contributed by atoms with E-state index in [4.69, 9.17) is 16.3 Å². The normalized spacial score (nSPS) is 16.9. The first-order valence-corrected chi connectivity index (χ1v) is 5.56. The zero-order valence-electron chi connectivity index (χ0n) is 8.53. The maximum absolute atomic E-state index is 5.64. The average Bonchev–Trinajstić information content (AvgIpc) is 2.71. The predicted octanol–water partition coefficient (Wildman–Crippen LogP) is 1.60. The van der Waals surface area contributed by atoms with Crippen molar-refractivity contribution in [2.45, 2.75) is 12.8 Å². The smallest absolute Gasteiger partial charge is 0.225 e. The fraction of sp³-hybridized carbons (Fsp3) is 0.600. The van der Waals surface area contributed by atoms with Crippen molar-refractivity contribution >= 4 is 11.6 Å². The lowest BCUT2D eigenvalue weighted by atomic mass is 10.4. The van der Waals surface area contributed by atoms with E-state index in [1.165, 1.54) is 25.9 Å². The van der Waals surface area contributed by atoms with Crippen LogP contribution in [0.3, 0.4) is 0 Å². The molecule has 2 rings (SSSR count). The van der Waals surface area contributed by atoms with Crippen molar-refractivity contribution in [1.82, 2.24) is 14.9 Å². The molecule has 1 aliphatic heterocycles. The molecule has 0 N–H and O–H groups in total. The van der Waals surface area contributed by atoms with E-state index in [0.29, 0.717) is 12.5 Å². The van der Waals surface area contributed by atoms with Crippen molar-refractivity contribution in [2.75, 3.05) is 26.2 Å². The molecule has 0 bridgehead atoms. The summed E-state index contributed by atoms with van der Waals surface area (Å²) in [5, 5.41) is 0.230. The SMILES string of the molecule is Clc1nccc(OCCN2CCCC2)n1. The van der Waals surface area contributed by atoms with E-state index in [2.05, 4.69) is 14.9 Å². The Balaban J connectivity index is 1.73. The second-order valence-electron chi connectivity index (χ2n) is 3.56. The van der Waals surface area contributed by atoms with Gasteiger partial charge in [0.15, 0.2) is 0 Å². The molecule has 0 atom stereocenters. The summed E-state index contributed by atoms with van der Waals surface area (Å²) in [5.41, 5.74) is 0. The van der Waals surface area contributed by atoms with Crippen molar-refractivity contribution < 1.29 is 4.74 Å². The third kappa shape index (κ3) is 3.32. The Hall–Kier alpha value is -0.870. The van der Waals surface area contributed by atoms with Gasteiger partial charge in [0, 0.05) is 18.8 Å². The Morgan fingerprint density at radius 3 is 2.93 bits per heavy atom. The molecule has 1 aromatic rings. The molecule has 15 heavy (non-hydrogen) atoms. The minimum atomic E-state index is 0.230. The van der Waals surface area contributed by atoms with Gasteiger partial charge in [0.1, 0.15) is 6.61 Å². The maximum atomic E-state index is 5.64. The maximum Gasteiger partial charge on any atom is 0.225 e. The van der Waals surface area contributed by atoms with E-state index in [9.17, 15) is 0 Å². The Morgan fingerprint density at radius 1 is 1.40 bits per heavy atom. The van der Waals surface area contributed by atoms with Gasteiger partial charge in [0.25, 0.3) is 0 Å². The quantitative estimate of drug-likeness (QED) is 0.733. The van der Waals surface area contributed by atoms with Crippen LogP contribution in [-0.2, 0) is 0 Å². The van der Waals surface area contributed by atoms with Crippen LogP contribution >= 0.6 is 11.6 Å². The van der Waals surface area contributed by atoms with E-state index in [1.54, 1.807) is 12.3 Å². The van der Waals surface area contributed by atoms with Crippen molar-refractivity contribution in [1.29, 1.82) is 0 Å².